The Morgan fingerprint density at radius 2 is 1.64 bits per heavy atom. The van der Waals surface area contributed by atoms with E-state index in [2.05, 4.69) is 46.6 Å². The van der Waals surface area contributed by atoms with E-state index in [1.165, 1.54) is 0 Å². The van der Waals surface area contributed by atoms with Crippen molar-refractivity contribution in [3.63, 3.8) is 0 Å². The monoisotopic (exact) mass is 482 g/mol. The fourth-order valence-electron chi connectivity index (χ4n) is 5.07. The second-order valence-corrected chi connectivity index (χ2v) is 8.75. The van der Waals surface area contributed by atoms with Crippen molar-refractivity contribution in [1.82, 2.24) is 14.8 Å². The van der Waals surface area contributed by atoms with Crippen LogP contribution in [0.15, 0.2) is 72.6 Å². The van der Waals surface area contributed by atoms with Gasteiger partial charge in [0.1, 0.15) is 24.2 Å². The number of aryl methyl sites for hydroxylation is 1. The molecule has 36 heavy (non-hydrogen) atoms. The molecule has 3 heterocycles. The highest BCUT2D eigenvalue weighted by atomic mass is 16.5. The first kappa shape index (κ1) is 22.0. The molecule has 0 saturated heterocycles. The van der Waals surface area contributed by atoms with Gasteiger partial charge in [0.25, 0.3) is 0 Å². The van der Waals surface area contributed by atoms with Crippen molar-refractivity contribution in [1.29, 1.82) is 0 Å². The summed E-state index contributed by atoms with van der Waals surface area (Å²) in [4.78, 5) is 4.50. The third kappa shape index (κ3) is 3.37. The minimum atomic E-state index is -0.459. The maximum absolute atomic E-state index is 6.75. The predicted molar refractivity (Wildman–Crippen MR) is 136 cm³/mol. The lowest BCUT2D eigenvalue weighted by molar-refractivity contribution is 0.221. The first-order valence-corrected chi connectivity index (χ1v) is 11.7. The van der Waals surface area contributed by atoms with Crippen LogP contribution in [0.25, 0.3) is 5.70 Å². The molecule has 0 amide bonds. The van der Waals surface area contributed by atoms with E-state index >= 15 is 0 Å². The third-order valence-corrected chi connectivity index (χ3v) is 6.67. The number of aromatic nitrogens is 3. The summed E-state index contributed by atoms with van der Waals surface area (Å²) in [5.74, 6) is 3.12. The molecule has 0 bridgehead atoms. The van der Waals surface area contributed by atoms with Gasteiger partial charge in [-0.25, -0.2) is 4.68 Å². The summed E-state index contributed by atoms with van der Waals surface area (Å²) in [6.07, 6.45) is 1.11. The van der Waals surface area contributed by atoms with E-state index in [4.69, 9.17) is 18.9 Å². The van der Waals surface area contributed by atoms with Crippen molar-refractivity contribution in [3.05, 3.63) is 94.8 Å². The van der Waals surface area contributed by atoms with Crippen LogP contribution in [-0.4, -0.2) is 36.1 Å². The number of rotatable bonds is 5. The van der Waals surface area contributed by atoms with E-state index in [9.17, 15) is 0 Å². The Balaban J connectivity index is 1.63. The number of nitrogens with zero attached hydrogens (tertiary/aromatic N) is 3. The standard InChI is InChI=1S/C28H26N4O4/c1-16-10-11-20-19(12-16)24-23(25(17-8-6-5-7-9-17)32-28(31-24)29-15-30-32)26(36-20)18-13-21(33-2)27(35-4)22(14-18)34-3/h5-15,25-26H,1-4H3,(H,29,30,31)/t25-,26-/m0/s1. The summed E-state index contributed by atoms with van der Waals surface area (Å²) in [6, 6.07) is 20.1. The van der Waals surface area contributed by atoms with Gasteiger partial charge in [-0.1, -0.05) is 42.0 Å². The van der Waals surface area contributed by atoms with E-state index in [1.54, 1.807) is 27.7 Å². The molecule has 1 aromatic heterocycles. The molecule has 0 fully saturated rings. The normalized spacial score (nSPS) is 17.8. The number of methoxy groups -OCH3 is 3. The smallest absolute Gasteiger partial charge is 0.226 e. The van der Waals surface area contributed by atoms with Gasteiger partial charge in [-0.05, 0) is 36.8 Å². The van der Waals surface area contributed by atoms with Crippen molar-refractivity contribution >= 4 is 11.6 Å². The molecule has 1 N–H and O–H groups in total. The van der Waals surface area contributed by atoms with Crippen LogP contribution in [0.2, 0.25) is 0 Å². The van der Waals surface area contributed by atoms with E-state index < -0.39 is 6.10 Å². The number of hydrogen-bond donors (Lipinski definition) is 1. The number of ether oxygens (including phenoxy) is 4. The van der Waals surface area contributed by atoms with Gasteiger partial charge in [-0.15, -0.1) is 0 Å². The maximum atomic E-state index is 6.75. The van der Waals surface area contributed by atoms with Crippen molar-refractivity contribution in [3.8, 4) is 23.0 Å². The summed E-state index contributed by atoms with van der Waals surface area (Å²) >= 11 is 0. The van der Waals surface area contributed by atoms with Gasteiger partial charge in [0.05, 0.1) is 27.0 Å². The van der Waals surface area contributed by atoms with E-state index in [0.29, 0.717) is 23.2 Å². The van der Waals surface area contributed by atoms with Crippen LogP contribution in [0, 0.1) is 6.92 Å². The molecule has 6 rings (SSSR count). The van der Waals surface area contributed by atoms with Gasteiger partial charge < -0.3 is 24.3 Å². The SMILES string of the molecule is COc1cc([C@@H]2Oc3ccc(C)cc3C3=C2[C@H](c2ccccc2)n2ncnc2N3)cc(OC)c1OC. The zero-order valence-electron chi connectivity index (χ0n) is 20.5. The number of hydrogen-bond acceptors (Lipinski definition) is 7. The minimum absolute atomic E-state index is 0.238. The van der Waals surface area contributed by atoms with Crippen molar-refractivity contribution < 1.29 is 18.9 Å². The number of nitrogens with one attached hydrogen (secondary N) is 1. The largest absolute Gasteiger partial charge is 0.493 e. The molecule has 2 atom stereocenters. The molecule has 8 nitrogen and oxygen atoms in total. The van der Waals surface area contributed by atoms with Crippen LogP contribution < -0.4 is 24.3 Å². The molecular weight excluding hydrogens is 456 g/mol. The molecule has 182 valence electrons. The summed E-state index contributed by atoms with van der Waals surface area (Å²) in [5.41, 5.74) is 6.06. The van der Waals surface area contributed by atoms with Gasteiger partial charge in [0.15, 0.2) is 11.5 Å². The molecule has 0 spiro atoms. The highest BCUT2D eigenvalue weighted by molar-refractivity contribution is 5.85. The Kier molecular flexibility index (Phi) is 5.29. The van der Waals surface area contributed by atoms with Crippen LogP contribution in [-0.2, 0) is 0 Å². The Morgan fingerprint density at radius 3 is 2.33 bits per heavy atom. The summed E-state index contributed by atoms with van der Waals surface area (Å²) in [6.45, 7) is 2.08. The molecule has 0 saturated carbocycles. The molecular formula is C28H26N4O4. The number of fused-ring (bicyclic) bond motifs is 3. The predicted octanol–water partition coefficient (Wildman–Crippen LogP) is 5.17. The van der Waals surface area contributed by atoms with Crippen molar-refractivity contribution in [2.75, 3.05) is 26.6 Å². The lowest BCUT2D eigenvalue weighted by Crippen LogP contribution is -2.32. The van der Waals surface area contributed by atoms with Crippen LogP contribution >= 0.6 is 0 Å². The number of anilines is 1. The zero-order chi connectivity index (χ0) is 24.8. The maximum Gasteiger partial charge on any atom is 0.226 e. The molecule has 2 aliphatic rings. The van der Waals surface area contributed by atoms with E-state index in [1.807, 2.05) is 41.1 Å². The quantitative estimate of drug-likeness (QED) is 0.420. The second kappa shape index (κ2) is 8.64. The highest BCUT2D eigenvalue weighted by Crippen LogP contribution is 2.52. The van der Waals surface area contributed by atoms with Crippen LogP contribution in [0.5, 0.6) is 23.0 Å². The Labute approximate surface area is 209 Å². The molecule has 8 heteroatoms. The Hall–Kier alpha value is -4.46. The number of benzene rings is 3. The van der Waals surface area contributed by atoms with Crippen LogP contribution in [0.1, 0.15) is 34.4 Å². The molecule has 2 aliphatic heterocycles. The van der Waals surface area contributed by atoms with Gasteiger partial charge in [0.2, 0.25) is 11.7 Å². The lowest BCUT2D eigenvalue weighted by Gasteiger charge is -2.39. The van der Waals surface area contributed by atoms with Crippen molar-refractivity contribution in [2.45, 2.75) is 19.1 Å². The molecule has 0 unspecified atom stereocenters. The fraction of sp³-hybridized carbons (Fsp3) is 0.214. The fourth-order valence-corrected chi connectivity index (χ4v) is 5.07. The zero-order valence-corrected chi connectivity index (χ0v) is 20.5. The first-order chi connectivity index (χ1) is 17.6. The van der Waals surface area contributed by atoms with Crippen molar-refractivity contribution in [2.24, 2.45) is 0 Å². The van der Waals surface area contributed by atoms with E-state index in [0.717, 1.165) is 39.3 Å². The van der Waals surface area contributed by atoms with Crippen LogP contribution in [0.3, 0.4) is 0 Å². The average Bonchev–Trinajstić information content (AvgIpc) is 3.39. The molecule has 0 radical (unpaired) electrons. The van der Waals surface area contributed by atoms with Gasteiger partial charge in [0, 0.05) is 16.7 Å². The summed E-state index contributed by atoms with van der Waals surface area (Å²) in [7, 11) is 4.82. The van der Waals surface area contributed by atoms with Gasteiger partial charge in [-0.2, -0.15) is 10.1 Å². The Bertz CT molecular complexity index is 1450. The van der Waals surface area contributed by atoms with E-state index in [-0.39, 0.29) is 6.04 Å². The highest BCUT2D eigenvalue weighted by Gasteiger charge is 2.41. The molecule has 3 aromatic carbocycles. The second-order valence-electron chi connectivity index (χ2n) is 8.75. The summed E-state index contributed by atoms with van der Waals surface area (Å²) in [5, 5.41) is 8.13. The Morgan fingerprint density at radius 1 is 0.889 bits per heavy atom. The first-order valence-electron chi connectivity index (χ1n) is 11.7. The average molecular weight is 483 g/mol. The molecule has 4 aromatic rings. The minimum Gasteiger partial charge on any atom is -0.493 e. The third-order valence-electron chi connectivity index (χ3n) is 6.67. The van der Waals surface area contributed by atoms with Gasteiger partial charge in [-0.3, -0.25) is 0 Å². The van der Waals surface area contributed by atoms with Crippen LogP contribution in [0.4, 0.5) is 5.95 Å². The van der Waals surface area contributed by atoms with Gasteiger partial charge >= 0.3 is 0 Å². The topological polar surface area (TPSA) is 79.7 Å². The molecule has 0 aliphatic carbocycles. The lowest BCUT2D eigenvalue weighted by atomic mass is 9.84. The summed E-state index contributed by atoms with van der Waals surface area (Å²) < 4.78 is 25.6.